The summed E-state index contributed by atoms with van der Waals surface area (Å²) in [5, 5.41) is 8.28. The van der Waals surface area contributed by atoms with Gasteiger partial charge in [-0.15, -0.1) is 0 Å². The molecule has 1 heterocycles. The average Bonchev–Trinajstić information content (AvgIpc) is 2.71. The zero-order valence-electron chi connectivity index (χ0n) is 15.7. The molecule has 1 fully saturated rings. The smallest absolute Gasteiger partial charge is 0.319 e. The number of nitrogens with one attached hydrogen (secondary N) is 2. The lowest BCUT2D eigenvalue weighted by Crippen LogP contribution is -2.45. The minimum absolute atomic E-state index is 0.160. The lowest BCUT2D eigenvalue weighted by atomic mass is 10.0. The fourth-order valence-corrected chi connectivity index (χ4v) is 3.70. The molecular weight excluding hydrogens is 353 g/mol. The van der Waals surface area contributed by atoms with Crippen LogP contribution >= 0.6 is 0 Å². The summed E-state index contributed by atoms with van der Waals surface area (Å²) in [5.41, 5.74) is 1.91. The number of piperidine rings is 1. The molecule has 28 heavy (non-hydrogen) atoms. The molecule has 1 aliphatic heterocycles. The highest BCUT2D eigenvalue weighted by atomic mass is 19.1. The van der Waals surface area contributed by atoms with E-state index in [9.17, 15) is 9.18 Å². The van der Waals surface area contributed by atoms with Crippen molar-refractivity contribution in [1.29, 1.82) is 0 Å². The number of fused-ring (bicyclic) bond motifs is 1. The van der Waals surface area contributed by atoms with Crippen molar-refractivity contribution in [2.24, 2.45) is 0 Å². The number of carbonyl (C=O) groups excluding carboxylic acids is 1. The number of amides is 2. The average molecular weight is 377 g/mol. The van der Waals surface area contributed by atoms with Crippen LogP contribution in [0.2, 0.25) is 0 Å². The highest BCUT2D eigenvalue weighted by Gasteiger charge is 2.20. The minimum atomic E-state index is -0.205. The van der Waals surface area contributed by atoms with E-state index in [0.29, 0.717) is 0 Å². The zero-order valence-corrected chi connectivity index (χ0v) is 15.7. The molecule has 0 radical (unpaired) electrons. The maximum Gasteiger partial charge on any atom is 0.319 e. The number of rotatable bonds is 4. The first-order valence-electron chi connectivity index (χ1n) is 9.69. The third-order valence-corrected chi connectivity index (χ3v) is 5.25. The third-order valence-electron chi connectivity index (χ3n) is 5.25. The van der Waals surface area contributed by atoms with E-state index in [0.717, 1.165) is 54.5 Å². The topological polar surface area (TPSA) is 44.4 Å². The van der Waals surface area contributed by atoms with Gasteiger partial charge in [-0.3, -0.25) is 4.90 Å². The Morgan fingerprint density at radius 1 is 0.964 bits per heavy atom. The van der Waals surface area contributed by atoms with Crippen LogP contribution in [0.15, 0.2) is 66.7 Å². The van der Waals surface area contributed by atoms with Gasteiger partial charge in [-0.2, -0.15) is 0 Å². The van der Waals surface area contributed by atoms with E-state index >= 15 is 0 Å². The van der Waals surface area contributed by atoms with Gasteiger partial charge in [0.15, 0.2) is 0 Å². The second-order valence-corrected chi connectivity index (χ2v) is 7.34. The summed E-state index contributed by atoms with van der Waals surface area (Å²) in [7, 11) is 0. The Bertz CT molecular complexity index is 949. The second-order valence-electron chi connectivity index (χ2n) is 7.34. The number of hydrogen-bond donors (Lipinski definition) is 2. The molecule has 2 N–H and O–H groups in total. The van der Waals surface area contributed by atoms with Crippen LogP contribution in [0.4, 0.5) is 14.9 Å². The van der Waals surface area contributed by atoms with Crippen molar-refractivity contribution >= 4 is 22.5 Å². The van der Waals surface area contributed by atoms with E-state index in [-0.39, 0.29) is 17.9 Å². The number of carbonyl (C=O) groups is 1. The quantitative estimate of drug-likeness (QED) is 0.688. The fraction of sp³-hybridized carbons (Fsp3) is 0.261. The lowest BCUT2D eigenvalue weighted by Gasteiger charge is -2.32. The van der Waals surface area contributed by atoms with Crippen molar-refractivity contribution in [2.75, 3.05) is 18.4 Å². The van der Waals surface area contributed by atoms with Crippen LogP contribution < -0.4 is 10.6 Å². The van der Waals surface area contributed by atoms with Crippen LogP contribution in [0, 0.1) is 5.82 Å². The Kier molecular flexibility index (Phi) is 5.53. The summed E-state index contributed by atoms with van der Waals surface area (Å²) >= 11 is 0. The molecular formula is C23H24FN3O. The largest absolute Gasteiger partial charge is 0.335 e. The van der Waals surface area contributed by atoms with Crippen molar-refractivity contribution in [1.82, 2.24) is 10.2 Å². The Hall–Kier alpha value is -2.92. The number of benzene rings is 3. The summed E-state index contributed by atoms with van der Waals surface area (Å²) in [6, 6.07) is 20.7. The molecule has 0 atom stereocenters. The van der Waals surface area contributed by atoms with Crippen molar-refractivity contribution in [3.05, 3.63) is 78.1 Å². The zero-order chi connectivity index (χ0) is 19.3. The SMILES string of the molecule is O=C(Nc1ccc2ccccc2c1)NC1CCN(Cc2ccc(F)cc2)CC1. The van der Waals surface area contributed by atoms with Gasteiger partial charge in [-0.05, 0) is 53.4 Å². The molecule has 4 rings (SSSR count). The standard InChI is InChI=1S/C23H24FN3O/c24-20-8-5-17(6-9-20)16-27-13-11-21(12-14-27)25-23(28)26-22-10-7-18-3-1-2-4-19(18)15-22/h1-10,15,21H,11-14,16H2,(H2,25,26,28). The van der Waals surface area contributed by atoms with Gasteiger partial charge in [0.05, 0.1) is 0 Å². The molecule has 0 spiro atoms. The predicted octanol–water partition coefficient (Wildman–Crippen LogP) is 4.77. The first-order valence-corrected chi connectivity index (χ1v) is 9.69. The van der Waals surface area contributed by atoms with E-state index in [1.165, 1.54) is 12.1 Å². The second kappa shape index (κ2) is 8.40. The monoisotopic (exact) mass is 377 g/mol. The number of likely N-dealkylation sites (tertiary alicyclic amines) is 1. The third kappa shape index (κ3) is 4.67. The summed E-state index contributed by atoms with van der Waals surface area (Å²) in [6.45, 7) is 2.65. The molecule has 3 aromatic carbocycles. The van der Waals surface area contributed by atoms with Crippen molar-refractivity contribution < 1.29 is 9.18 Å². The van der Waals surface area contributed by atoms with E-state index in [1.54, 1.807) is 0 Å². The number of anilines is 1. The normalized spacial score (nSPS) is 15.5. The van der Waals surface area contributed by atoms with E-state index in [1.807, 2.05) is 48.5 Å². The Morgan fingerprint density at radius 3 is 2.43 bits per heavy atom. The van der Waals surface area contributed by atoms with Crippen LogP contribution in [0.3, 0.4) is 0 Å². The van der Waals surface area contributed by atoms with Gasteiger partial charge < -0.3 is 10.6 Å². The maximum atomic E-state index is 13.0. The number of hydrogen-bond acceptors (Lipinski definition) is 2. The van der Waals surface area contributed by atoms with Gasteiger partial charge in [0.1, 0.15) is 5.82 Å². The Labute approximate surface area is 164 Å². The van der Waals surface area contributed by atoms with Gasteiger partial charge in [0, 0.05) is 31.4 Å². The van der Waals surface area contributed by atoms with Crippen LogP contribution in [0.5, 0.6) is 0 Å². The summed E-state index contributed by atoms with van der Waals surface area (Å²) in [5.74, 6) is -0.205. The molecule has 2 amide bonds. The van der Waals surface area contributed by atoms with Gasteiger partial charge in [0.25, 0.3) is 0 Å². The van der Waals surface area contributed by atoms with E-state index in [4.69, 9.17) is 0 Å². The number of nitrogens with zero attached hydrogens (tertiary/aromatic N) is 1. The fourth-order valence-electron chi connectivity index (χ4n) is 3.70. The molecule has 0 saturated carbocycles. The molecule has 4 nitrogen and oxygen atoms in total. The van der Waals surface area contributed by atoms with Gasteiger partial charge in [-0.1, -0.05) is 42.5 Å². The molecule has 0 aliphatic carbocycles. The van der Waals surface area contributed by atoms with E-state index < -0.39 is 0 Å². The predicted molar refractivity (Wildman–Crippen MR) is 111 cm³/mol. The molecule has 0 bridgehead atoms. The minimum Gasteiger partial charge on any atom is -0.335 e. The Balaban J connectivity index is 1.25. The lowest BCUT2D eigenvalue weighted by molar-refractivity contribution is 0.190. The van der Waals surface area contributed by atoms with Gasteiger partial charge in [-0.25, -0.2) is 9.18 Å². The number of halogens is 1. The van der Waals surface area contributed by atoms with Crippen molar-refractivity contribution in [3.63, 3.8) is 0 Å². The summed E-state index contributed by atoms with van der Waals surface area (Å²) in [6.07, 6.45) is 1.82. The molecule has 3 aromatic rings. The molecule has 5 heteroatoms. The van der Waals surface area contributed by atoms with Crippen LogP contribution in [0.1, 0.15) is 18.4 Å². The van der Waals surface area contributed by atoms with Crippen molar-refractivity contribution in [3.8, 4) is 0 Å². The molecule has 0 unspecified atom stereocenters. The highest BCUT2D eigenvalue weighted by Crippen LogP contribution is 2.19. The molecule has 1 saturated heterocycles. The molecule has 0 aromatic heterocycles. The van der Waals surface area contributed by atoms with Crippen molar-refractivity contribution in [2.45, 2.75) is 25.4 Å². The van der Waals surface area contributed by atoms with Gasteiger partial charge >= 0.3 is 6.03 Å². The van der Waals surface area contributed by atoms with Crippen LogP contribution in [-0.4, -0.2) is 30.1 Å². The van der Waals surface area contributed by atoms with E-state index in [2.05, 4.69) is 21.6 Å². The molecule has 1 aliphatic rings. The Morgan fingerprint density at radius 2 is 1.68 bits per heavy atom. The van der Waals surface area contributed by atoms with Crippen LogP contribution in [-0.2, 0) is 6.54 Å². The maximum absolute atomic E-state index is 13.0. The molecule has 144 valence electrons. The van der Waals surface area contributed by atoms with Crippen LogP contribution in [0.25, 0.3) is 10.8 Å². The number of urea groups is 1. The first kappa shape index (κ1) is 18.4. The first-order chi connectivity index (χ1) is 13.7. The summed E-state index contributed by atoms with van der Waals surface area (Å²) < 4.78 is 13.0. The van der Waals surface area contributed by atoms with Gasteiger partial charge in [0.2, 0.25) is 0 Å². The highest BCUT2D eigenvalue weighted by molar-refractivity contribution is 5.93. The summed E-state index contributed by atoms with van der Waals surface area (Å²) in [4.78, 5) is 14.7.